The fraction of sp³-hybridized carbons (Fsp3) is 0.400. The number of benzene rings is 1. The van der Waals surface area contributed by atoms with Crippen molar-refractivity contribution >= 4 is 34.0 Å². The highest BCUT2D eigenvalue weighted by Gasteiger charge is 2.27. The first-order valence-corrected chi connectivity index (χ1v) is 8.28. The lowest BCUT2D eigenvalue weighted by molar-refractivity contribution is -0.121. The summed E-state index contributed by atoms with van der Waals surface area (Å²) in [6.45, 7) is 4.44. The Morgan fingerprint density at radius 3 is 3.00 bits per heavy atom. The van der Waals surface area contributed by atoms with Gasteiger partial charge in [-0.15, -0.1) is 10.2 Å². The normalized spacial score (nSPS) is 17.0. The van der Waals surface area contributed by atoms with E-state index in [0.717, 1.165) is 16.3 Å². The average molecular weight is 338 g/mol. The number of aromatic nitrogens is 2. The Labute approximate surface area is 137 Å². The van der Waals surface area contributed by atoms with Crippen LogP contribution in [0.2, 0.25) is 5.02 Å². The second-order valence-corrected chi connectivity index (χ2v) is 7.00. The Balaban J connectivity index is 1.68. The van der Waals surface area contributed by atoms with Crippen LogP contribution in [-0.4, -0.2) is 22.7 Å². The van der Waals surface area contributed by atoms with E-state index in [4.69, 9.17) is 16.3 Å². The van der Waals surface area contributed by atoms with Gasteiger partial charge in [-0.3, -0.25) is 4.79 Å². The van der Waals surface area contributed by atoms with E-state index in [1.54, 1.807) is 6.07 Å². The number of rotatable bonds is 3. The van der Waals surface area contributed by atoms with E-state index in [0.29, 0.717) is 29.1 Å². The van der Waals surface area contributed by atoms with Gasteiger partial charge in [0.25, 0.3) is 0 Å². The van der Waals surface area contributed by atoms with E-state index in [1.165, 1.54) is 11.3 Å². The minimum atomic E-state index is -0.252. The van der Waals surface area contributed by atoms with E-state index in [1.807, 2.05) is 26.0 Å². The molecular formula is C15H16ClN3O2S. The van der Waals surface area contributed by atoms with Crippen LogP contribution < -0.4 is 10.1 Å². The number of halogens is 1. The molecule has 1 atom stereocenters. The summed E-state index contributed by atoms with van der Waals surface area (Å²) in [5.74, 6) is 0.746. The lowest BCUT2D eigenvalue weighted by Gasteiger charge is -2.24. The molecule has 0 saturated carbocycles. The van der Waals surface area contributed by atoms with Gasteiger partial charge in [0.05, 0.1) is 5.92 Å². The monoisotopic (exact) mass is 337 g/mol. The molecule has 1 N–H and O–H groups in total. The SMILES string of the molecule is CC(C)c1nnc(NC(=O)[C@@H]2COc3ccc(Cl)cc3C2)s1. The van der Waals surface area contributed by atoms with Crippen LogP contribution in [0.15, 0.2) is 18.2 Å². The molecule has 7 heteroatoms. The van der Waals surface area contributed by atoms with Crippen LogP contribution in [0.1, 0.15) is 30.3 Å². The minimum absolute atomic E-state index is 0.0999. The molecule has 2 aromatic rings. The van der Waals surface area contributed by atoms with Crippen molar-refractivity contribution in [3.8, 4) is 5.75 Å². The molecule has 0 radical (unpaired) electrons. The molecule has 0 spiro atoms. The van der Waals surface area contributed by atoms with Gasteiger partial charge in [0.2, 0.25) is 11.0 Å². The molecule has 22 heavy (non-hydrogen) atoms. The molecule has 1 aromatic carbocycles. The van der Waals surface area contributed by atoms with Crippen molar-refractivity contribution < 1.29 is 9.53 Å². The zero-order chi connectivity index (χ0) is 15.7. The highest BCUT2D eigenvalue weighted by molar-refractivity contribution is 7.15. The highest BCUT2D eigenvalue weighted by Crippen LogP contribution is 2.30. The topological polar surface area (TPSA) is 64.1 Å². The van der Waals surface area contributed by atoms with Crippen LogP contribution >= 0.6 is 22.9 Å². The van der Waals surface area contributed by atoms with Crippen molar-refractivity contribution in [2.45, 2.75) is 26.2 Å². The number of carbonyl (C=O) groups is 1. The summed E-state index contributed by atoms with van der Waals surface area (Å²) in [5.41, 5.74) is 0.957. The second-order valence-electron chi connectivity index (χ2n) is 5.55. The standard InChI is InChI=1S/C15H16ClN3O2S/c1-8(2)14-18-19-15(22-14)17-13(20)10-5-9-6-11(16)3-4-12(9)21-7-10/h3-4,6,8,10H,5,7H2,1-2H3,(H,17,19,20)/t10-/m0/s1. The van der Waals surface area contributed by atoms with E-state index < -0.39 is 0 Å². The molecule has 1 amide bonds. The average Bonchev–Trinajstić information content (AvgIpc) is 2.95. The summed E-state index contributed by atoms with van der Waals surface area (Å²) in [7, 11) is 0. The molecule has 3 rings (SSSR count). The van der Waals surface area contributed by atoms with Gasteiger partial charge < -0.3 is 10.1 Å². The predicted molar refractivity (Wildman–Crippen MR) is 86.8 cm³/mol. The van der Waals surface area contributed by atoms with E-state index in [-0.39, 0.29) is 11.8 Å². The maximum atomic E-state index is 12.4. The molecular weight excluding hydrogens is 322 g/mol. The number of hydrogen-bond acceptors (Lipinski definition) is 5. The van der Waals surface area contributed by atoms with Gasteiger partial charge in [0.1, 0.15) is 17.4 Å². The van der Waals surface area contributed by atoms with Crippen LogP contribution in [0, 0.1) is 5.92 Å². The Bertz CT molecular complexity index is 702. The number of anilines is 1. The lowest BCUT2D eigenvalue weighted by atomic mass is 9.96. The number of carbonyl (C=O) groups excluding carboxylic acids is 1. The number of ether oxygens (including phenoxy) is 1. The summed E-state index contributed by atoms with van der Waals surface area (Å²) < 4.78 is 5.64. The number of hydrogen-bond donors (Lipinski definition) is 1. The fourth-order valence-electron chi connectivity index (χ4n) is 2.26. The lowest BCUT2D eigenvalue weighted by Crippen LogP contribution is -2.32. The van der Waals surface area contributed by atoms with Crippen LogP contribution in [0.5, 0.6) is 5.75 Å². The molecule has 2 heterocycles. The number of fused-ring (bicyclic) bond motifs is 1. The van der Waals surface area contributed by atoms with Crippen molar-refractivity contribution in [3.05, 3.63) is 33.8 Å². The fourth-order valence-corrected chi connectivity index (χ4v) is 3.20. The Kier molecular flexibility index (Phi) is 4.31. The van der Waals surface area contributed by atoms with Crippen LogP contribution in [0.4, 0.5) is 5.13 Å². The maximum absolute atomic E-state index is 12.4. The Hall–Kier alpha value is -1.66. The number of amides is 1. The van der Waals surface area contributed by atoms with Crippen LogP contribution in [0.25, 0.3) is 0 Å². The molecule has 5 nitrogen and oxygen atoms in total. The summed E-state index contributed by atoms with van der Waals surface area (Å²) in [6, 6.07) is 5.47. The quantitative estimate of drug-likeness (QED) is 0.931. The van der Waals surface area contributed by atoms with Crippen LogP contribution in [0.3, 0.4) is 0 Å². The van der Waals surface area contributed by atoms with Gasteiger partial charge in [-0.2, -0.15) is 0 Å². The molecule has 1 aromatic heterocycles. The first kappa shape index (κ1) is 15.2. The van der Waals surface area contributed by atoms with E-state index in [2.05, 4.69) is 15.5 Å². The van der Waals surface area contributed by atoms with Gasteiger partial charge in [-0.05, 0) is 30.2 Å². The zero-order valence-electron chi connectivity index (χ0n) is 12.3. The number of nitrogens with one attached hydrogen (secondary N) is 1. The summed E-state index contributed by atoms with van der Waals surface area (Å²) in [6.07, 6.45) is 0.609. The van der Waals surface area contributed by atoms with E-state index in [9.17, 15) is 4.79 Å². The van der Waals surface area contributed by atoms with E-state index >= 15 is 0 Å². The summed E-state index contributed by atoms with van der Waals surface area (Å²) in [4.78, 5) is 12.4. The Morgan fingerprint density at radius 1 is 1.45 bits per heavy atom. The Morgan fingerprint density at radius 2 is 2.27 bits per heavy atom. The van der Waals surface area contributed by atoms with Gasteiger partial charge >= 0.3 is 0 Å². The summed E-state index contributed by atoms with van der Waals surface area (Å²) >= 11 is 7.40. The molecule has 0 fully saturated rings. The predicted octanol–water partition coefficient (Wildman–Crippen LogP) is 3.50. The molecule has 1 aliphatic heterocycles. The number of nitrogens with zero attached hydrogens (tertiary/aromatic N) is 2. The third-order valence-corrected chi connectivity index (χ3v) is 4.84. The van der Waals surface area contributed by atoms with Crippen molar-refractivity contribution in [2.24, 2.45) is 5.92 Å². The van der Waals surface area contributed by atoms with Gasteiger partial charge in [-0.25, -0.2) is 0 Å². The van der Waals surface area contributed by atoms with Gasteiger partial charge in [-0.1, -0.05) is 36.8 Å². The smallest absolute Gasteiger partial charge is 0.233 e. The molecule has 0 saturated heterocycles. The maximum Gasteiger partial charge on any atom is 0.233 e. The molecule has 0 unspecified atom stereocenters. The minimum Gasteiger partial charge on any atom is -0.492 e. The second kappa shape index (κ2) is 6.22. The van der Waals surface area contributed by atoms with Crippen molar-refractivity contribution in [2.75, 3.05) is 11.9 Å². The summed E-state index contributed by atoms with van der Waals surface area (Å²) in [5, 5.41) is 13.0. The molecule has 0 bridgehead atoms. The third-order valence-electron chi connectivity index (χ3n) is 3.46. The molecule has 116 valence electrons. The largest absolute Gasteiger partial charge is 0.492 e. The van der Waals surface area contributed by atoms with Gasteiger partial charge in [0, 0.05) is 10.9 Å². The molecule has 0 aliphatic carbocycles. The highest BCUT2D eigenvalue weighted by atomic mass is 35.5. The van der Waals surface area contributed by atoms with Crippen molar-refractivity contribution in [1.29, 1.82) is 0 Å². The first-order valence-electron chi connectivity index (χ1n) is 7.08. The first-order chi connectivity index (χ1) is 10.5. The van der Waals surface area contributed by atoms with Gasteiger partial charge in [0.15, 0.2) is 0 Å². The van der Waals surface area contributed by atoms with Crippen molar-refractivity contribution in [1.82, 2.24) is 10.2 Å². The van der Waals surface area contributed by atoms with Crippen LogP contribution in [-0.2, 0) is 11.2 Å². The van der Waals surface area contributed by atoms with Crippen molar-refractivity contribution in [3.63, 3.8) is 0 Å². The molecule has 1 aliphatic rings. The third kappa shape index (κ3) is 3.23. The zero-order valence-corrected chi connectivity index (χ0v) is 13.9.